The summed E-state index contributed by atoms with van der Waals surface area (Å²) >= 11 is 0. The first kappa shape index (κ1) is 30.2. The summed E-state index contributed by atoms with van der Waals surface area (Å²) in [4.78, 5) is 81.4. The van der Waals surface area contributed by atoms with E-state index in [1.165, 1.54) is 0 Å². The number of rotatable bonds is 17. The number of nitrogens with two attached hydrogens (primary N) is 3. The van der Waals surface area contributed by atoms with E-state index in [9.17, 15) is 33.6 Å². The largest absolute Gasteiger partial charge is 0.481 e. The van der Waals surface area contributed by atoms with Crippen LogP contribution in [0.25, 0.3) is 0 Å². The Labute approximate surface area is 193 Å². The van der Waals surface area contributed by atoms with E-state index in [0.717, 1.165) is 0 Å². The maximum Gasteiger partial charge on any atom is 0.328 e. The minimum absolute atomic E-state index is 0.143. The summed E-state index contributed by atoms with van der Waals surface area (Å²) in [5.74, 6) is -7.40. The Balaban J connectivity index is 5.52. The van der Waals surface area contributed by atoms with Crippen LogP contribution < -0.4 is 33.2 Å². The summed E-state index contributed by atoms with van der Waals surface area (Å²) in [5, 5.41) is 33.3. The average Bonchev–Trinajstić information content (AvgIpc) is 2.74. The molecule has 0 aliphatic rings. The lowest BCUT2D eigenvalue weighted by Crippen LogP contribution is -2.57. The summed E-state index contributed by atoms with van der Waals surface area (Å²) in [7, 11) is 0. The molecular formula is C18H30N6O10. The minimum atomic E-state index is -1.70. The van der Waals surface area contributed by atoms with E-state index in [1.807, 2.05) is 5.32 Å². The van der Waals surface area contributed by atoms with Crippen LogP contribution in [-0.4, -0.2) is 87.6 Å². The van der Waals surface area contributed by atoms with Crippen molar-refractivity contribution in [1.82, 2.24) is 16.0 Å². The van der Waals surface area contributed by atoms with Crippen LogP contribution >= 0.6 is 0 Å². The molecule has 4 unspecified atom stereocenters. The van der Waals surface area contributed by atoms with Gasteiger partial charge in [-0.25, -0.2) is 4.79 Å². The summed E-state index contributed by atoms with van der Waals surface area (Å²) in [6.45, 7) is -0.960. The topological polar surface area (TPSA) is 294 Å². The number of aliphatic hydroxyl groups excluding tert-OH is 1. The van der Waals surface area contributed by atoms with Crippen molar-refractivity contribution in [1.29, 1.82) is 0 Å². The van der Waals surface area contributed by atoms with E-state index in [2.05, 4.69) is 10.6 Å². The van der Waals surface area contributed by atoms with Crippen LogP contribution in [0.5, 0.6) is 0 Å². The molecule has 0 aromatic rings. The van der Waals surface area contributed by atoms with E-state index in [0.29, 0.717) is 0 Å². The molecule has 0 aliphatic heterocycles. The molecule has 0 aliphatic carbocycles. The fourth-order valence-electron chi connectivity index (χ4n) is 2.53. The molecule has 0 aromatic carbocycles. The van der Waals surface area contributed by atoms with Crippen molar-refractivity contribution in [2.75, 3.05) is 6.61 Å². The fourth-order valence-corrected chi connectivity index (χ4v) is 2.53. The number of carboxylic acids is 2. The predicted octanol–water partition coefficient (Wildman–Crippen LogP) is -4.76. The highest BCUT2D eigenvalue weighted by atomic mass is 16.4. The maximum atomic E-state index is 12.7. The molecule has 0 aromatic heterocycles. The predicted molar refractivity (Wildman–Crippen MR) is 112 cm³/mol. The van der Waals surface area contributed by atoms with Crippen LogP contribution in [0.1, 0.15) is 38.5 Å². The number of aliphatic hydroxyl groups is 1. The normalized spacial score (nSPS) is 14.1. The number of primary amides is 2. The van der Waals surface area contributed by atoms with E-state index >= 15 is 0 Å². The molecule has 0 spiro atoms. The fraction of sp³-hybridized carbons (Fsp3) is 0.611. The quantitative estimate of drug-likeness (QED) is 0.0932. The van der Waals surface area contributed by atoms with Crippen LogP contribution in [0.3, 0.4) is 0 Å². The molecule has 12 N–H and O–H groups in total. The second-order valence-corrected chi connectivity index (χ2v) is 7.25. The van der Waals surface area contributed by atoms with Crippen LogP contribution in [0.15, 0.2) is 0 Å². The van der Waals surface area contributed by atoms with Crippen molar-refractivity contribution in [3.05, 3.63) is 0 Å². The highest BCUT2D eigenvalue weighted by Crippen LogP contribution is 2.05. The standard InChI is InChI=1S/C18H30N6O10/c19-8(1-4-12(20)26)15(30)22-10(3-6-14(28)29)16(31)23-9(2-5-13(21)27)17(32)24-11(7-25)18(33)34/h8-11,25H,1-7,19H2,(H2,20,26)(H2,21,27)(H,22,30)(H,23,31)(H,24,32)(H,28,29)(H,33,34). The van der Waals surface area contributed by atoms with Crippen LogP contribution in [0, 0.1) is 0 Å². The lowest BCUT2D eigenvalue weighted by molar-refractivity contribution is -0.143. The van der Waals surface area contributed by atoms with Crippen molar-refractivity contribution in [3.63, 3.8) is 0 Å². The molecule has 0 heterocycles. The zero-order valence-electron chi connectivity index (χ0n) is 18.2. The summed E-state index contributed by atoms with van der Waals surface area (Å²) in [6.07, 6.45) is -2.07. The van der Waals surface area contributed by atoms with Crippen molar-refractivity contribution in [2.24, 2.45) is 17.2 Å². The van der Waals surface area contributed by atoms with Crippen LogP contribution in [-0.2, 0) is 33.6 Å². The Bertz CT molecular complexity index is 789. The number of hydrogen-bond acceptors (Lipinski definition) is 9. The van der Waals surface area contributed by atoms with Crippen LogP contribution in [0.2, 0.25) is 0 Å². The summed E-state index contributed by atoms with van der Waals surface area (Å²) < 4.78 is 0. The molecule has 0 rings (SSSR count). The molecule has 16 heteroatoms. The Morgan fingerprint density at radius 3 is 1.47 bits per heavy atom. The molecule has 0 saturated carbocycles. The van der Waals surface area contributed by atoms with Gasteiger partial charge in [-0.15, -0.1) is 0 Å². The zero-order valence-corrected chi connectivity index (χ0v) is 18.2. The first-order valence-electron chi connectivity index (χ1n) is 10.1. The van der Waals surface area contributed by atoms with Crippen molar-refractivity contribution >= 4 is 41.5 Å². The Morgan fingerprint density at radius 1 is 0.647 bits per heavy atom. The number of nitrogens with one attached hydrogen (secondary N) is 3. The van der Waals surface area contributed by atoms with Gasteiger partial charge in [0.2, 0.25) is 29.5 Å². The number of hydrogen-bond donors (Lipinski definition) is 9. The molecular weight excluding hydrogens is 460 g/mol. The van der Waals surface area contributed by atoms with Gasteiger partial charge in [0.25, 0.3) is 0 Å². The highest BCUT2D eigenvalue weighted by Gasteiger charge is 2.30. The number of amides is 5. The average molecular weight is 490 g/mol. The van der Waals surface area contributed by atoms with Crippen LogP contribution in [0.4, 0.5) is 0 Å². The third-order valence-corrected chi connectivity index (χ3v) is 4.43. The zero-order chi connectivity index (χ0) is 26.4. The van der Waals surface area contributed by atoms with Gasteiger partial charge in [-0.1, -0.05) is 0 Å². The van der Waals surface area contributed by atoms with E-state index in [1.54, 1.807) is 0 Å². The van der Waals surface area contributed by atoms with Gasteiger partial charge in [-0.05, 0) is 19.3 Å². The molecule has 0 radical (unpaired) electrons. The Morgan fingerprint density at radius 2 is 1.06 bits per heavy atom. The van der Waals surface area contributed by atoms with Crippen molar-refractivity contribution in [2.45, 2.75) is 62.7 Å². The lowest BCUT2D eigenvalue weighted by Gasteiger charge is -2.24. The second-order valence-electron chi connectivity index (χ2n) is 7.25. The SMILES string of the molecule is NC(=O)CCC(N)C(=O)NC(CCC(=O)O)C(=O)NC(CCC(N)=O)C(=O)NC(CO)C(=O)O. The van der Waals surface area contributed by atoms with Gasteiger partial charge in [0, 0.05) is 19.3 Å². The van der Waals surface area contributed by atoms with E-state index in [4.69, 9.17) is 32.5 Å². The number of carboxylic acid groups (broad SMARTS) is 2. The monoisotopic (exact) mass is 490 g/mol. The van der Waals surface area contributed by atoms with Crippen molar-refractivity contribution < 1.29 is 48.9 Å². The molecule has 4 atom stereocenters. The van der Waals surface area contributed by atoms with Gasteiger partial charge in [0.15, 0.2) is 0 Å². The lowest BCUT2D eigenvalue weighted by atomic mass is 10.1. The van der Waals surface area contributed by atoms with E-state index in [-0.39, 0.29) is 25.7 Å². The van der Waals surface area contributed by atoms with Gasteiger partial charge in [0.05, 0.1) is 12.6 Å². The molecule has 0 saturated heterocycles. The third kappa shape index (κ3) is 12.3. The van der Waals surface area contributed by atoms with Gasteiger partial charge in [-0.3, -0.25) is 28.8 Å². The molecule has 0 fully saturated rings. The van der Waals surface area contributed by atoms with Gasteiger partial charge < -0.3 is 48.5 Å². The Kier molecular flexibility index (Phi) is 13.4. The van der Waals surface area contributed by atoms with E-state index < -0.39 is 85.1 Å². The number of aliphatic carboxylic acids is 2. The second kappa shape index (κ2) is 15.1. The molecule has 5 amide bonds. The molecule has 16 nitrogen and oxygen atoms in total. The number of carbonyl (C=O) groups excluding carboxylic acids is 5. The summed E-state index contributed by atoms with van der Waals surface area (Å²) in [5.41, 5.74) is 15.7. The maximum absolute atomic E-state index is 12.7. The Hall–Kier alpha value is -3.79. The number of carbonyl (C=O) groups is 7. The van der Waals surface area contributed by atoms with Gasteiger partial charge in [0.1, 0.15) is 18.1 Å². The van der Waals surface area contributed by atoms with Gasteiger partial charge >= 0.3 is 11.9 Å². The highest BCUT2D eigenvalue weighted by molar-refractivity contribution is 5.94. The molecule has 0 bridgehead atoms. The minimum Gasteiger partial charge on any atom is -0.481 e. The molecule has 192 valence electrons. The van der Waals surface area contributed by atoms with Crippen molar-refractivity contribution in [3.8, 4) is 0 Å². The summed E-state index contributed by atoms with van der Waals surface area (Å²) in [6, 6.07) is -5.95. The first-order chi connectivity index (χ1) is 15.8. The first-order valence-corrected chi connectivity index (χ1v) is 10.1. The smallest absolute Gasteiger partial charge is 0.328 e. The molecule has 34 heavy (non-hydrogen) atoms. The third-order valence-electron chi connectivity index (χ3n) is 4.43. The van der Waals surface area contributed by atoms with Gasteiger partial charge in [-0.2, -0.15) is 0 Å².